The van der Waals surface area contributed by atoms with Gasteiger partial charge in [0.15, 0.2) is 6.61 Å². The summed E-state index contributed by atoms with van der Waals surface area (Å²) in [5.41, 5.74) is 1.34. The van der Waals surface area contributed by atoms with Gasteiger partial charge >= 0.3 is 5.97 Å². The van der Waals surface area contributed by atoms with E-state index in [2.05, 4.69) is 0 Å². The van der Waals surface area contributed by atoms with Crippen molar-refractivity contribution in [1.29, 1.82) is 0 Å². The molecule has 1 heterocycles. The molecule has 0 aliphatic carbocycles. The normalized spacial score (nSPS) is 14.4. The number of nitrogens with zero attached hydrogens (tertiary/aromatic N) is 2. The van der Waals surface area contributed by atoms with Crippen LogP contribution < -0.4 is 4.90 Å². The Morgan fingerprint density at radius 3 is 2.39 bits per heavy atom. The molecule has 0 aromatic heterocycles. The van der Waals surface area contributed by atoms with E-state index in [0.29, 0.717) is 36.9 Å². The molecule has 3 rings (SSSR count). The number of esters is 1. The van der Waals surface area contributed by atoms with Crippen molar-refractivity contribution in [3.8, 4) is 0 Å². The van der Waals surface area contributed by atoms with Crippen LogP contribution in [0, 0.1) is 5.82 Å². The molecule has 1 aliphatic rings. The summed E-state index contributed by atoms with van der Waals surface area (Å²) >= 11 is 5.80. The summed E-state index contributed by atoms with van der Waals surface area (Å²) in [5, 5.41) is 0.612. The van der Waals surface area contributed by atoms with E-state index in [9.17, 15) is 14.0 Å². The first-order valence-electron chi connectivity index (χ1n) is 8.90. The molecule has 0 unspecified atom stereocenters. The number of para-hydroxylation sites is 1. The summed E-state index contributed by atoms with van der Waals surface area (Å²) in [6.45, 7) is 1.63. The number of benzene rings is 2. The number of carbonyl (C=O) groups is 2. The van der Waals surface area contributed by atoms with E-state index >= 15 is 0 Å². The van der Waals surface area contributed by atoms with Crippen molar-refractivity contribution in [3.63, 3.8) is 0 Å². The molecule has 1 aliphatic heterocycles. The largest absolute Gasteiger partial charge is 0.452 e. The number of rotatable bonds is 5. The van der Waals surface area contributed by atoms with E-state index in [4.69, 9.17) is 16.3 Å². The average molecular weight is 403 g/mol. The minimum absolute atomic E-state index is 0.263. The molecule has 2 aromatic rings. The zero-order valence-corrected chi connectivity index (χ0v) is 15.9. The van der Waals surface area contributed by atoms with E-state index < -0.39 is 5.97 Å². The van der Waals surface area contributed by atoms with Crippen LogP contribution in [0.5, 0.6) is 0 Å². The lowest BCUT2D eigenvalue weighted by Gasteiger charge is -2.36. The standard InChI is InChI=1S/C21H20ClFN2O3/c22-17-8-5-16(6-9-17)7-10-21(27)28-15-20(26)25-13-11-24(12-14-25)19-4-2-1-3-18(19)23/h1-10H,11-15H2/b10-7+. The number of hydrogen-bond donors (Lipinski definition) is 0. The number of halogens is 2. The summed E-state index contributed by atoms with van der Waals surface area (Å²) < 4.78 is 18.9. The van der Waals surface area contributed by atoms with E-state index in [1.54, 1.807) is 53.4 Å². The van der Waals surface area contributed by atoms with Gasteiger partial charge in [0.05, 0.1) is 5.69 Å². The highest BCUT2D eigenvalue weighted by molar-refractivity contribution is 6.30. The number of anilines is 1. The fourth-order valence-corrected chi connectivity index (χ4v) is 3.04. The minimum Gasteiger partial charge on any atom is -0.452 e. The van der Waals surface area contributed by atoms with E-state index in [-0.39, 0.29) is 18.3 Å². The smallest absolute Gasteiger partial charge is 0.331 e. The molecule has 146 valence electrons. The monoisotopic (exact) mass is 402 g/mol. The molecule has 0 bridgehead atoms. The van der Waals surface area contributed by atoms with Gasteiger partial charge in [-0.2, -0.15) is 0 Å². The van der Waals surface area contributed by atoms with Crippen LogP contribution in [0.3, 0.4) is 0 Å². The van der Waals surface area contributed by atoms with E-state index in [1.165, 1.54) is 12.1 Å². The molecule has 0 saturated carbocycles. The first-order chi connectivity index (χ1) is 13.5. The maximum absolute atomic E-state index is 13.9. The second kappa shape index (κ2) is 9.37. The van der Waals surface area contributed by atoms with Crippen LogP contribution in [-0.4, -0.2) is 49.6 Å². The Bertz CT molecular complexity index is 862. The molecule has 28 heavy (non-hydrogen) atoms. The number of carbonyl (C=O) groups excluding carboxylic acids is 2. The van der Waals surface area contributed by atoms with E-state index in [1.807, 2.05) is 4.90 Å². The van der Waals surface area contributed by atoms with Gasteiger partial charge in [-0.05, 0) is 35.9 Å². The molecule has 5 nitrogen and oxygen atoms in total. The Hall–Kier alpha value is -2.86. The summed E-state index contributed by atoms with van der Waals surface area (Å²) in [4.78, 5) is 27.6. The third-order valence-corrected chi connectivity index (χ3v) is 4.70. The summed E-state index contributed by atoms with van der Waals surface area (Å²) in [5.74, 6) is -1.13. The SMILES string of the molecule is O=C(/C=C/c1ccc(Cl)cc1)OCC(=O)N1CCN(c2ccccc2F)CC1. The Morgan fingerprint density at radius 2 is 1.71 bits per heavy atom. The predicted octanol–water partition coefficient (Wildman–Crippen LogP) is 3.38. The topological polar surface area (TPSA) is 49.9 Å². The van der Waals surface area contributed by atoms with Crippen molar-refractivity contribution in [2.24, 2.45) is 0 Å². The predicted molar refractivity (Wildman–Crippen MR) is 107 cm³/mol. The number of ether oxygens (including phenoxy) is 1. The summed E-state index contributed by atoms with van der Waals surface area (Å²) in [6, 6.07) is 13.6. The summed E-state index contributed by atoms with van der Waals surface area (Å²) in [7, 11) is 0. The van der Waals surface area contributed by atoms with Crippen molar-refractivity contribution in [2.45, 2.75) is 0 Å². The highest BCUT2D eigenvalue weighted by Gasteiger charge is 2.23. The van der Waals surface area contributed by atoms with Crippen molar-refractivity contribution in [1.82, 2.24) is 4.90 Å². The number of piperazine rings is 1. The highest BCUT2D eigenvalue weighted by atomic mass is 35.5. The van der Waals surface area contributed by atoms with Gasteiger partial charge in [0.2, 0.25) is 0 Å². The van der Waals surface area contributed by atoms with Gasteiger partial charge in [-0.15, -0.1) is 0 Å². The Labute approximate surface area is 168 Å². The Kier molecular flexibility index (Phi) is 6.66. The van der Waals surface area contributed by atoms with Gasteiger partial charge in [0, 0.05) is 37.3 Å². The third-order valence-electron chi connectivity index (χ3n) is 4.45. The third kappa shape index (κ3) is 5.33. The highest BCUT2D eigenvalue weighted by Crippen LogP contribution is 2.20. The molecule has 0 N–H and O–H groups in total. The van der Waals surface area contributed by atoms with Crippen LogP contribution >= 0.6 is 11.6 Å². The van der Waals surface area contributed by atoms with Crippen molar-refractivity contribution in [2.75, 3.05) is 37.7 Å². The lowest BCUT2D eigenvalue weighted by molar-refractivity contribution is -0.148. The maximum atomic E-state index is 13.9. The molecule has 1 amide bonds. The quantitative estimate of drug-likeness (QED) is 0.568. The van der Waals surface area contributed by atoms with Crippen molar-refractivity contribution >= 4 is 35.2 Å². The van der Waals surface area contributed by atoms with Crippen LogP contribution in [0.4, 0.5) is 10.1 Å². The second-order valence-corrected chi connectivity index (χ2v) is 6.75. The number of hydrogen-bond acceptors (Lipinski definition) is 4. The van der Waals surface area contributed by atoms with Crippen LogP contribution in [0.15, 0.2) is 54.6 Å². The van der Waals surface area contributed by atoms with Gasteiger partial charge in [-0.1, -0.05) is 35.9 Å². The lowest BCUT2D eigenvalue weighted by atomic mass is 10.2. The molecule has 1 fully saturated rings. The first-order valence-corrected chi connectivity index (χ1v) is 9.28. The minimum atomic E-state index is -0.590. The van der Waals surface area contributed by atoms with Gasteiger partial charge in [-0.3, -0.25) is 4.79 Å². The van der Waals surface area contributed by atoms with Crippen LogP contribution in [0.1, 0.15) is 5.56 Å². The van der Waals surface area contributed by atoms with Gasteiger partial charge in [0.25, 0.3) is 5.91 Å². The Morgan fingerprint density at radius 1 is 1.04 bits per heavy atom. The first kappa shape index (κ1) is 19.9. The van der Waals surface area contributed by atoms with Gasteiger partial charge in [-0.25, -0.2) is 9.18 Å². The molecular weight excluding hydrogens is 383 g/mol. The second-order valence-electron chi connectivity index (χ2n) is 6.31. The molecule has 1 saturated heterocycles. The zero-order chi connectivity index (χ0) is 19.9. The van der Waals surface area contributed by atoms with Crippen LogP contribution in [0.2, 0.25) is 5.02 Å². The maximum Gasteiger partial charge on any atom is 0.331 e. The molecule has 0 radical (unpaired) electrons. The van der Waals surface area contributed by atoms with Gasteiger partial charge in [0.1, 0.15) is 5.82 Å². The van der Waals surface area contributed by atoms with Crippen molar-refractivity contribution < 1.29 is 18.7 Å². The molecule has 7 heteroatoms. The zero-order valence-electron chi connectivity index (χ0n) is 15.2. The van der Waals surface area contributed by atoms with Crippen molar-refractivity contribution in [3.05, 3.63) is 71.0 Å². The fourth-order valence-electron chi connectivity index (χ4n) is 2.92. The van der Waals surface area contributed by atoms with Crippen LogP contribution in [-0.2, 0) is 14.3 Å². The molecular formula is C21H20ClFN2O3. The Balaban J connectivity index is 1.43. The van der Waals surface area contributed by atoms with Gasteiger partial charge < -0.3 is 14.5 Å². The van der Waals surface area contributed by atoms with Crippen LogP contribution in [0.25, 0.3) is 6.08 Å². The fraction of sp³-hybridized carbons (Fsp3) is 0.238. The molecule has 0 atom stereocenters. The molecule has 0 spiro atoms. The summed E-state index contributed by atoms with van der Waals surface area (Å²) in [6.07, 6.45) is 2.86. The number of amides is 1. The average Bonchev–Trinajstić information content (AvgIpc) is 2.72. The molecule has 2 aromatic carbocycles. The lowest BCUT2D eigenvalue weighted by Crippen LogP contribution is -2.50. The van der Waals surface area contributed by atoms with E-state index in [0.717, 1.165) is 5.56 Å².